The summed E-state index contributed by atoms with van der Waals surface area (Å²) in [6, 6.07) is 18.3. The lowest BCUT2D eigenvalue weighted by atomic mass is 10.1. The zero-order chi connectivity index (χ0) is 17.5. The van der Waals surface area contributed by atoms with Crippen LogP contribution in [0.25, 0.3) is 0 Å². The van der Waals surface area contributed by atoms with Crippen LogP contribution in [-0.2, 0) is 11.3 Å². The Morgan fingerprint density at radius 1 is 0.917 bits per heavy atom. The van der Waals surface area contributed by atoms with E-state index in [9.17, 15) is 9.59 Å². The lowest BCUT2D eigenvalue weighted by Gasteiger charge is -2.30. The Kier molecular flexibility index (Phi) is 6.13. The van der Waals surface area contributed by atoms with Crippen LogP contribution in [0.4, 0.5) is 0 Å². The molecule has 2 aromatic carbocycles. The Labute approximate surface area is 143 Å². The molecule has 0 heterocycles. The van der Waals surface area contributed by atoms with Gasteiger partial charge in [0.1, 0.15) is 6.04 Å². The van der Waals surface area contributed by atoms with Gasteiger partial charge in [-0.15, -0.1) is 0 Å². The maximum absolute atomic E-state index is 12.8. The first-order chi connectivity index (χ1) is 11.5. The lowest BCUT2D eigenvalue weighted by Crippen LogP contribution is -2.49. The molecule has 0 aromatic heterocycles. The second-order valence-electron chi connectivity index (χ2n) is 6.11. The molecular formula is C20H24N2O2. The molecule has 0 saturated heterocycles. The van der Waals surface area contributed by atoms with Gasteiger partial charge in [-0.25, -0.2) is 0 Å². The Morgan fingerprint density at radius 3 is 2.00 bits per heavy atom. The van der Waals surface area contributed by atoms with Crippen molar-refractivity contribution in [1.82, 2.24) is 10.2 Å². The first-order valence-electron chi connectivity index (χ1n) is 8.19. The average molecular weight is 324 g/mol. The number of benzene rings is 2. The van der Waals surface area contributed by atoms with E-state index >= 15 is 0 Å². The fourth-order valence-electron chi connectivity index (χ4n) is 2.48. The number of carbonyl (C=O) groups excluding carboxylic acids is 2. The predicted octanol–water partition coefficient (Wildman–Crippen LogP) is 3.24. The fraction of sp³-hybridized carbons (Fsp3) is 0.300. The van der Waals surface area contributed by atoms with Gasteiger partial charge in [0.05, 0.1) is 0 Å². The van der Waals surface area contributed by atoms with Crippen LogP contribution in [0.5, 0.6) is 0 Å². The highest BCUT2D eigenvalue weighted by molar-refractivity contribution is 5.97. The Bertz CT molecular complexity index is 669. The normalized spacial score (nSPS) is 11.8. The first kappa shape index (κ1) is 17.7. The average Bonchev–Trinajstić information content (AvgIpc) is 2.60. The molecule has 4 nitrogen and oxygen atoms in total. The predicted molar refractivity (Wildman–Crippen MR) is 95.5 cm³/mol. The summed E-state index contributed by atoms with van der Waals surface area (Å²) in [7, 11) is 0. The van der Waals surface area contributed by atoms with Crippen molar-refractivity contribution in [3.63, 3.8) is 0 Å². The zero-order valence-corrected chi connectivity index (χ0v) is 14.4. The van der Waals surface area contributed by atoms with Crippen LogP contribution in [0.3, 0.4) is 0 Å². The molecule has 0 spiro atoms. The van der Waals surface area contributed by atoms with E-state index in [0.29, 0.717) is 12.1 Å². The van der Waals surface area contributed by atoms with E-state index in [4.69, 9.17) is 0 Å². The van der Waals surface area contributed by atoms with Gasteiger partial charge in [-0.2, -0.15) is 0 Å². The summed E-state index contributed by atoms with van der Waals surface area (Å²) in [5.41, 5.74) is 1.62. The molecule has 2 rings (SSSR count). The van der Waals surface area contributed by atoms with E-state index in [0.717, 1.165) is 5.56 Å². The topological polar surface area (TPSA) is 49.4 Å². The van der Waals surface area contributed by atoms with Gasteiger partial charge in [0.25, 0.3) is 5.91 Å². The van der Waals surface area contributed by atoms with Crippen molar-refractivity contribution < 1.29 is 9.59 Å². The van der Waals surface area contributed by atoms with Gasteiger partial charge < -0.3 is 10.2 Å². The molecule has 126 valence electrons. The van der Waals surface area contributed by atoms with Crippen molar-refractivity contribution in [2.75, 3.05) is 0 Å². The molecule has 0 radical (unpaired) electrons. The van der Waals surface area contributed by atoms with E-state index < -0.39 is 6.04 Å². The number of hydrogen-bond acceptors (Lipinski definition) is 2. The summed E-state index contributed by atoms with van der Waals surface area (Å²) in [6.07, 6.45) is 0. The third kappa shape index (κ3) is 4.69. The molecule has 1 N–H and O–H groups in total. The number of carbonyl (C=O) groups is 2. The smallest absolute Gasteiger partial charge is 0.251 e. The lowest BCUT2D eigenvalue weighted by molar-refractivity contribution is -0.135. The van der Waals surface area contributed by atoms with Gasteiger partial charge in [-0.3, -0.25) is 9.59 Å². The maximum Gasteiger partial charge on any atom is 0.251 e. The Morgan fingerprint density at radius 2 is 1.46 bits per heavy atom. The molecule has 2 aromatic rings. The van der Waals surface area contributed by atoms with Crippen LogP contribution < -0.4 is 5.32 Å². The quantitative estimate of drug-likeness (QED) is 0.887. The van der Waals surface area contributed by atoms with E-state index in [2.05, 4.69) is 5.32 Å². The van der Waals surface area contributed by atoms with Crippen LogP contribution in [0, 0.1) is 0 Å². The van der Waals surface area contributed by atoms with Crippen molar-refractivity contribution in [2.24, 2.45) is 0 Å². The summed E-state index contributed by atoms with van der Waals surface area (Å²) >= 11 is 0. The van der Waals surface area contributed by atoms with Crippen molar-refractivity contribution in [1.29, 1.82) is 0 Å². The molecule has 0 fully saturated rings. The van der Waals surface area contributed by atoms with Gasteiger partial charge in [0.15, 0.2) is 0 Å². The maximum atomic E-state index is 12.8. The monoisotopic (exact) mass is 324 g/mol. The van der Waals surface area contributed by atoms with Crippen LogP contribution in [0.1, 0.15) is 36.7 Å². The minimum absolute atomic E-state index is 0.0498. The van der Waals surface area contributed by atoms with Gasteiger partial charge in [0.2, 0.25) is 5.91 Å². The van der Waals surface area contributed by atoms with Gasteiger partial charge in [-0.05, 0) is 38.5 Å². The van der Waals surface area contributed by atoms with Gasteiger partial charge in [0, 0.05) is 18.2 Å². The SMILES string of the molecule is CC(NC(=O)c1ccccc1)C(=O)N(Cc1ccccc1)C(C)C. The third-order valence-electron chi connectivity index (χ3n) is 3.86. The second-order valence-corrected chi connectivity index (χ2v) is 6.11. The number of nitrogens with one attached hydrogen (secondary N) is 1. The highest BCUT2D eigenvalue weighted by Gasteiger charge is 2.24. The summed E-state index contributed by atoms with van der Waals surface area (Å²) in [6.45, 7) is 6.21. The molecule has 1 unspecified atom stereocenters. The first-order valence-corrected chi connectivity index (χ1v) is 8.19. The second kappa shape index (κ2) is 8.29. The number of hydrogen-bond donors (Lipinski definition) is 1. The van der Waals surface area contributed by atoms with Gasteiger partial charge in [-0.1, -0.05) is 48.5 Å². The third-order valence-corrected chi connectivity index (χ3v) is 3.86. The van der Waals surface area contributed by atoms with Crippen LogP contribution in [-0.4, -0.2) is 28.8 Å². The summed E-state index contributed by atoms with van der Waals surface area (Å²) in [5, 5.41) is 2.79. The van der Waals surface area contributed by atoms with E-state index in [1.807, 2.05) is 50.2 Å². The van der Waals surface area contributed by atoms with E-state index in [1.54, 1.807) is 36.1 Å². The molecule has 0 aliphatic carbocycles. The largest absolute Gasteiger partial charge is 0.341 e. The highest BCUT2D eigenvalue weighted by Crippen LogP contribution is 2.10. The molecule has 0 aliphatic heterocycles. The molecule has 0 bridgehead atoms. The van der Waals surface area contributed by atoms with Crippen molar-refractivity contribution >= 4 is 11.8 Å². The van der Waals surface area contributed by atoms with Crippen molar-refractivity contribution in [3.05, 3.63) is 71.8 Å². The van der Waals surface area contributed by atoms with Crippen molar-refractivity contribution in [3.8, 4) is 0 Å². The van der Waals surface area contributed by atoms with Crippen LogP contribution in [0.2, 0.25) is 0 Å². The molecule has 24 heavy (non-hydrogen) atoms. The highest BCUT2D eigenvalue weighted by atomic mass is 16.2. The minimum Gasteiger partial charge on any atom is -0.341 e. The Balaban J connectivity index is 2.04. The molecule has 0 aliphatic rings. The summed E-state index contributed by atoms with van der Waals surface area (Å²) in [5.74, 6) is -0.321. The minimum atomic E-state index is -0.580. The molecule has 0 saturated carbocycles. The molecular weight excluding hydrogens is 300 g/mol. The standard InChI is InChI=1S/C20H24N2O2/c1-15(2)22(14-17-10-6-4-7-11-17)20(24)16(3)21-19(23)18-12-8-5-9-13-18/h4-13,15-16H,14H2,1-3H3,(H,21,23). The van der Waals surface area contributed by atoms with E-state index in [1.165, 1.54) is 0 Å². The van der Waals surface area contributed by atoms with Crippen LogP contribution in [0.15, 0.2) is 60.7 Å². The van der Waals surface area contributed by atoms with Gasteiger partial charge >= 0.3 is 0 Å². The summed E-state index contributed by atoms with van der Waals surface area (Å²) in [4.78, 5) is 26.8. The van der Waals surface area contributed by atoms with Crippen molar-refractivity contribution in [2.45, 2.75) is 39.4 Å². The van der Waals surface area contributed by atoms with E-state index in [-0.39, 0.29) is 17.9 Å². The summed E-state index contributed by atoms with van der Waals surface area (Å²) < 4.78 is 0. The number of amides is 2. The number of nitrogens with zero attached hydrogens (tertiary/aromatic N) is 1. The van der Waals surface area contributed by atoms with Crippen LogP contribution >= 0.6 is 0 Å². The molecule has 2 amide bonds. The number of rotatable bonds is 6. The molecule has 4 heteroatoms. The Hall–Kier alpha value is -2.62. The zero-order valence-electron chi connectivity index (χ0n) is 14.4. The fourth-order valence-corrected chi connectivity index (χ4v) is 2.48. The molecule has 1 atom stereocenters.